The second kappa shape index (κ2) is 10.3. The van der Waals surface area contributed by atoms with Crippen LogP contribution in [0.5, 0.6) is 0 Å². The van der Waals surface area contributed by atoms with E-state index in [1.807, 2.05) is 4.90 Å². The molecule has 1 aliphatic heterocycles. The fraction of sp³-hybridized carbons (Fsp3) is 0.577. The monoisotopic (exact) mass is 422 g/mol. The Balaban J connectivity index is 1.90. The predicted molar refractivity (Wildman–Crippen MR) is 128 cm³/mol. The molecule has 0 saturated carbocycles. The summed E-state index contributed by atoms with van der Waals surface area (Å²) in [4.78, 5) is 26.9. The van der Waals surface area contributed by atoms with E-state index in [2.05, 4.69) is 70.7 Å². The molecule has 0 aliphatic carbocycles. The lowest BCUT2D eigenvalue weighted by Gasteiger charge is -2.37. The molecule has 0 N–H and O–H groups in total. The summed E-state index contributed by atoms with van der Waals surface area (Å²) in [7, 11) is 0. The van der Waals surface area contributed by atoms with Crippen molar-refractivity contribution in [3.05, 3.63) is 52.5 Å². The molecule has 1 aliphatic rings. The first-order valence-corrected chi connectivity index (χ1v) is 11.8. The van der Waals surface area contributed by atoms with Crippen molar-refractivity contribution in [2.45, 2.75) is 66.7 Å². The Kier molecular flexibility index (Phi) is 7.69. The van der Waals surface area contributed by atoms with Crippen LogP contribution in [0, 0.1) is 12.8 Å². The number of carbonyl (C=O) groups excluding carboxylic acids is 1. The standard InChI is InChI=1S/C26H38N4O/c1-7-23-22(17-21-10-8-9-20(6)16-21)26(28-25(27-23)19(4)5)30-13-11-29(12-14-30)24(31)15-18(2)3/h8-10,16,18-19H,7,11-15,17H2,1-6H3. The third-order valence-corrected chi connectivity index (χ3v) is 5.92. The minimum atomic E-state index is 0.273. The van der Waals surface area contributed by atoms with Gasteiger partial charge in [0.15, 0.2) is 0 Å². The number of hydrogen-bond acceptors (Lipinski definition) is 4. The Bertz CT molecular complexity index is 898. The van der Waals surface area contributed by atoms with E-state index in [1.165, 1.54) is 16.7 Å². The predicted octanol–water partition coefficient (Wildman–Crippen LogP) is 4.76. The third kappa shape index (κ3) is 5.84. The zero-order chi connectivity index (χ0) is 22.5. The summed E-state index contributed by atoms with van der Waals surface area (Å²) < 4.78 is 0. The average Bonchev–Trinajstić information content (AvgIpc) is 2.73. The van der Waals surface area contributed by atoms with Crippen LogP contribution in [0.4, 0.5) is 5.82 Å². The molecule has 1 amide bonds. The van der Waals surface area contributed by atoms with Crippen molar-refractivity contribution >= 4 is 11.7 Å². The molecule has 0 spiro atoms. The molecule has 1 aromatic heterocycles. The molecule has 1 fully saturated rings. The molecule has 1 aromatic carbocycles. The zero-order valence-electron chi connectivity index (χ0n) is 20.1. The summed E-state index contributed by atoms with van der Waals surface area (Å²) in [6.45, 7) is 16.0. The van der Waals surface area contributed by atoms with E-state index in [-0.39, 0.29) is 11.8 Å². The highest BCUT2D eigenvalue weighted by atomic mass is 16.2. The van der Waals surface area contributed by atoms with Gasteiger partial charge in [-0.25, -0.2) is 9.97 Å². The molecule has 5 nitrogen and oxygen atoms in total. The molecule has 5 heteroatoms. The summed E-state index contributed by atoms with van der Waals surface area (Å²) in [5.41, 5.74) is 4.95. The number of anilines is 1. The molecule has 2 aromatic rings. The maximum Gasteiger partial charge on any atom is 0.222 e. The number of carbonyl (C=O) groups is 1. The third-order valence-electron chi connectivity index (χ3n) is 5.92. The Labute approximate surface area is 187 Å². The van der Waals surface area contributed by atoms with Crippen molar-refractivity contribution in [1.29, 1.82) is 0 Å². The van der Waals surface area contributed by atoms with Crippen LogP contribution >= 0.6 is 0 Å². The first-order valence-electron chi connectivity index (χ1n) is 11.8. The van der Waals surface area contributed by atoms with Crippen LogP contribution in [-0.2, 0) is 17.6 Å². The lowest BCUT2D eigenvalue weighted by Crippen LogP contribution is -2.49. The van der Waals surface area contributed by atoms with Gasteiger partial charge in [0.1, 0.15) is 11.6 Å². The molecule has 3 rings (SSSR count). The van der Waals surface area contributed by atoms with Gasteiger partial charge in [0.05, 0.1) is 0 Å². The van der Waals surface area contributed by atoms with Gasteiger partial charge < -0.3 is 9.80 Å². The van der Waals surface area contributed by atoms with Gasteiger partial charge in [-0.2, -0.15) is 0 Å². The molecular formula is C26H38N4O. The molecule has 0 atom stereocenters. The van der Waals surface area contributed by atoms with Gasteiger partial charge in [-0.3, -0.25) is 4.79 Å². The fourth-order valence-corrected chi connectivity index (χ4v) is 4.20. The maximum atomic E-state index is 12.5. The Morgan fingerprint density at radius 1 is 1.06 bits per heavy atom. The summed E-state index contributed by atoms with van der Waals surface area (Å²) in [5, 5.41) is 0. The molecule has 0 unspecified atom stereocenters. The van der Waals surface area contributed by atoms with E-state index in [9.17, 15) is 4.79 Å². The van der Waals surface area contributed by atoms with Gasteiger partial charge in [0.25, 0.3) is 0 Å². The van der Waals surface area contributed by atoms with E-state index < -0.39 is 0 Å². The number of amides is 1. The van der Waals surface area contributed by atoms with Gasteiger partial charge in [-0.1, -0.05) is 64.4 Å². The van der Waals surface area contributed by atoms with Crippen molar-refractivity contribution < 1.29 is 4.79 Å². The molecule has 0 radical (unpaired) electrons. The largest absolute Gasteiger partial charge is 0.353 e. The second-order valence-corrected chi connectivity index (χ2v) is 9.47. The fourth-order valence-electron chi connectivity index (χ4n) is 4.20. The average molecular weight is 423 g/mol. The van der Waals surface area contributed by atoms with Crippen LogP contribution in [0.15, 0.2) is 24.3 Å². The molecule has 2 heterocycles. The highest BCUT2D eigenvalue weighted by Gasteiger charge is 2.26. The van der Waals surface area contributed by atoms with Crippen molar-refractivity contribution in [1.82, 2.24) is 14.9 Å². The van der Waals surface area contributed by atoms with Gasteiger partial charge in [-0.15, -0.1) is 0 Å². The number of piperazine rings is 1. The van der Waals surface area contributed by atoms with Crippen LogP contribution in [-0.4, -0.2) is 47.0 Å². The molecular weight excluding hydrogens is 384 g/mol. The van der Waals surface area contributed by atoms with Crippen LogP contribution in [0.25, 0.3) is 0 Å². The number of rotatable bonds is 7. The van der Waals surface area contributed by atoms with Gasteiger partial charge in [0, 0.05) is 56.2 Å². The molecule has 0 bridgehead atoms. The second-order valence-electron chi connectivity index (χ2n) is 9.47. The SMILES string of the molecule is CCc1nc(C(C)C)nc(N2CCN(C(=O)CC(C)C)CC2)c1Cc1cccc(C)c1. The number of nitrogens with zero attached hydrogens (tertiary/aromatic N) is 4. The summed E-state index contributed by atoms with van der Waals surface area (Å²) in [5.74, 6) is 2.93. The van der Waals surface area contributed by atoms with Gasteiger partial charge in [-0.05, 0) is 24.8 Å². The number of hydrogen-bond donors (Lipinski definition) is 0. The van der Waals surface area contributed by atoms with E-state index in [0.717, 1.165) is 56.4 Å². The normalized spacial score (nSPS) is 14.6. The lowest BCUT2D eigenvalue weighted by molar-refractivity contribution is -0.132. The van der Waals surface area contributed by atoms with Crippen molar-refractivity contribution in [2.24, 2.45) is 5.92 Å². The first-order chi connectivity index (χ1) is 14.8. The number of aromatic nitrogens is 2. The Hall–Kier alpha value is -2.43. The minimum absolute atomic E-state index is 0.273. The van der Waals surface area contributed by atoms with E-state index in [4.69, 9.17) is 9.97 Å². The zero-order valence-corrected chi connectivity index (χ0v) is 20.1. The maximum absolute atomic E-state index is 12.5. The summed E-state index contributed by atoms with van der Waals surface area (Å²) >= 11 is 0. The highest BCUT2D eigenvalue weighted by Crippen LogP contribution is 2.28. The minimum Gasteiger partial charge on any atom is -0.353 e. The van der Waals surface area contributed by atoms with E-state index in [0.29, 0.717) is 12.3 Å². The number of benzene rings is 1. The lowest BCUT2D eigenvalue weighted by atomic mass is 10.00. The van der Waals surface area contributed by atoms with Crippen LogP contribution in [0.1, 0.15) is 75.2 Å². The van der Waals surface area contributed by atoms with Gasteiger partial charge in [0.2, 0.25) is 5.91 Å². The van der Waals surface area contributed by atoms with Crippen LogP contribution < -0.4 is 4.90 Å². The van der Waals surface area contributed by atoms with Crippen LogP contribution in [0.3, 0.4) is 0 Å². The van der Waals surface area contributed by atoms with Crippen molar-refractivity contribution in [3.8, 4) is 0 Å². The van der Waals surface area contributed by atoms with E-state index >= 15 is 0 Å². The van der Waals surface area contributed by atoms with Crippen molar-refractivity contribution in [3.63, 3.8) is 0 Å². The Morgan fingerprint density at radius 3 is 2.35 bits per heavy atom. The summed E-state index contributed by atoms with van der Waals surface area (Å²) in [6, 6.07) is 8.70. The van der Waals surface area contributed by atoms with E-state index in [1.54, 1.807) is 0 Å². The first kappa shape index (κ1) is 23.2. The van der Waals surface area contributed by atoms with Crippen molar-refractivity contribution in [2.75, 3.05) is 31.1 Å². The summed E-state index contributed by atoms with van der Waals surface area (Å²) in [6.07, 6.45) is 2.36. The topological polar surface area (TPSA) is 49.3 Å². The Morgan fingerprint density at radius 2 is 1.77 bits per heavy atom. The molecule has 31 heavy (non-hydrogen) atoms. The molecule has 1 saturated heterocycles. The molecule has 168 valence electrons. The van der Waals surface area contributed by atoms with Crippen LogP contribution in [0.2, 0.25) is 0 Å². The quantitative estimate of drug-likeness (QED) is 0.646. The van der Waals surface area contributed by atoms with Gasteiger partial charge >= 0.3 is 0 Å². The smallest absolute Gasteiger partial charge is 0.222 e. The highest BCUT2D eigenvalue weighted by molar-refractivity contribution is 5.76. The number of aryl methyl sites for hydroxylation is 2.